The number of carbonyl (C=O) groups is 2. The SMILES string of the molecule is COc1ccc(CCNC(=O)COC(=O)c2ccc(OCC(C)C)cc2)cc1OC. The van der Waals surface area contributed by atoms with E-state index in [1.54, 1.807) is 38.5 Å². The van der Waals surface area contributed by atoms with Crippen molar-refractivity contribution in [2.45, 2.75) is 20.3 Å². The minimum atomic E-state index is -0.555. The molecule has 7 nitrogen and oxygen atoms in total. The normalized spacial score (nSPS) is 10.4. The van der Waals surface area contributed by atoms with E-state index >= 15 is 0 Å². The van der Waals surface area contributed by atoms with Gasteiger partial charge in [-0.2, -0.15) is 0 Å². The Labute approximate surface area is 177 Å². The molecule has 0 aliphatic rings. The van der Waals surface area contributed by atoms with Gasteiger partial charge in [-0.15, -0.1) is 0 Å². The highest BCUT2D eigenvalue weighted by Crippen LogP contribution is 2.27. The zero-order valence-corrected chi connectivity index (χ0v) is 17.9. The molecule has 0 aliphatic carbocycles. The molecule has 0 saturated carbocycles. The molecule has 2 aromatic rings. The van der Waals surface area contributed by atoms with Gasteiger partial charge in [-0.25, -0.2) is 4.79 Å². The Bertz CT molecular complexity index is 832. The highest BCUT2D eigenvalue weighted by molar-refractivity contribution is 5.91. The lowest BCUT2D eigenvalue weighted by atomic mass is 10.1. The molecular formula is C23H29NO6. The van der Waals surface area contributed by atoms with Crippen LogP contribution in [-0.4, -0.2) is 45.9 Å². The molecule has 0 bridgehead atoms. The molecule has 0 aliphatic heterocycles. The first-order valence-corrected chi connectivity index (χ1v) is 9.80. The summed E-state index contributed by atoms with van der Waals surface area (Å²) in [5.41, 5.74) is 1.36. The highest BCUT2D eigenvalue weighted by Gasteiger charge is 2.11. The Balaban J connectivity index is 1.73. The van der Waals surface area contributed by atoms with Gasteiger partial charge in [-0.05, 0) is 54.3 Å². The number of esters is 1. The van der Waals surface area contributed by atoms with Gasteiger partial charge in [0.15, 0.2) is 18.1 Å². The van der Waals surface area contributed by atoms with E-state index in [4.69, 9.17) is 18.9 Å². The summed E-state index contributed by atoms with van der Waals surface area (Å²) in [6, 6.07) is 12.2. The summed E-state index contributed by atoms with van der Waals surface area (Å²) >= 11 is 0. The number of rotatable bonds is 11. The van der Waals surface area contributed by atoms with E-state index in [1.807, 2.05) is 18.2 Å². The largest absolute Gasteiger partial charge is 0.493 e. The topological polar surface area (TPSA) is 83.1 Å². The molecule has 0 aromatic heterocycles. The van der Waals surface area contributed by atoms with Crippen LogP contribution >= 0.6 is 0 Å². The maximum atomic E-state index is 12.1. The van der Waals surface area contributed by atoms with Crippen molar-refractivity contribution in [1.29, 1.82) is 0 Å². The molecule has 2 aromatic carbocycles. The fourth-order valence-electron chi connectivity index (χ4n) is 2.60. The van der Waals surface area contributed by atoms with Crippen LogP contribution in [0.1, 0.15) is 29.8 Å². The number of nitrogens with one attached hydrogen (secondary N) is 1. The minimum absolute atomic E-state index is 0.337. The van der Waals surface area contributed by atoms with Crippen LogP contribution in [-0.2, 0) is 16.0 Å². The molecule has 0 saturated heterocycles. The molecule has 0 atom stereocenters. The predicted octanol–water partition coefficient (Wildman–Crippen LogP) is 3.25. The minimum Gasteiger partial charge on any atom is -0.493 e. The van der Waals surface area contributed by atoms with Crippen molar-refractivity contribution in [3.63, 3.8) is 0 Å². The maximum absolute atomic E-state index is 12.1. The van der Waals surface area contributed by atoms with Gasteiger partial charge in [0.25, 0.3) is 5.91 Å². The Hall–Kier alpha value is -3.22. The molecule has 30 heavy (non-hydrogen) atoms. The Morgan fingerprint density at radius 3 is 2.30 bits per heavy atom. The smallest absolute Gasteiger partial charge is 0.338 e. The van der Waals surface area contributed by atoms with Gasteiger partial charge in [0.05, 0.1) is 26.4 Å². The molecule has 0 heterocycles. The lowest BCUT2D eigenvalue weighted by Gasteiger charge is -2.10. The molecule has 0 unspecified atom stereocenters. The lowest BCUT2D eigenvalue weighted by Crippen LogP contribution is -2.30. The van der Waals surface area contributed by atoms with Gasteiger partial charge < -0.3 is 24.3 Å². The summed E-state index contributed by atoms with van der Waals surface area (Å²) in [6.45, 7) is 4.80. The third kappa shape index (κ3) is 7.31. The monoisotopic (exact) mass is 415 g/mol. The Morgan fingerprint density at radius 1 is 0.967 bits per heavy atom. The molecule has 1 amide bonds. The predicted molar refractivity (Wildman–Crippen MR) is 113 cm³/mol. The van der Waals surface area contributed by atoms with Gasteiger partial charge in [0.2, 0.25) is 0 Å². The fraction of sp³-hybridized carbons (Fsp3) is 0.391. The van der Waals surface area contributed by atoms with E-state index in [0.29, 0.717) is 48.3 Å². The first kappa shape index (κ1) is 23.1. The van der Waals surface area contributed by atoms with Gasteiger partial charge in [0.1, 0.15) is 5.75 Å². The summed E-state index contributed by atoms with van der Waals surface area (Å²) in [4.78, 5) is 24.0. The summed E-state index contributed by atoms with van der Waals surface area (Å²) in [7, 11) is 3.15. The standard InChI is InChI=1S/C23H29NO6/c1-16(2)14-29-19-8-6-18(7-9-19)23(26)30-15-22(25)24-12-11-17-5-10-20(27-3)21(13-17)28-4/h5-10,13,16H,11-12,14-15H2,1-4H3,(H,24,25). The van der Waals surface area contributed by atoms with Crippen molar-refractivity contribution >= 4 is 11.9 Å². The summed E-state index contributed by atoms with van der Waals surface area (Å²) < 4.78 is 21.1. The van der Waals surface area contributed by atoms with E-state index < -0.39 is 5.97 Å². The van der Waals surface area contributed by atoms with E-state index in [2.05, 4.69) is 19.2 Å². The zero-order valence-electron chi connectivity index (χ0n) is 17.9. The average Bonchev–Trinajstić information content (AvgIpc) is 2.76. The Morgan fingerprint density at radius 2 is 1.67 bits per heavy atom. The number of hydrogen-bond acceptors (Lipinski definition) is 6. The molecule has 7 heteroatoms. The molecule has 2 rings (SSSR count). The molecule has 0 radical (unpaired) electrons. The number of benzene rings is 2. The number of amides is 1. The van der Waals surface area contributed by atoms with Gasteiger partial charge in [-0.1, -0.05) is 19.9 Å². The second-order valence-corrected chi connectivity index (χ2v) is 7.09. The Kier molecular flexibility index (Phi) is 9.00. The number of ether oxygens (including phenoxy) is 4. The van der Waals surface area contributed by atoms with E-state index in [-0.39, 0.29) is 12.5 Å². The lowest BCUT2D eigenvalue weighted by molar-refractivity contribution is -0.124. The molecule has 1 N–H and O–H groups in total. The van der Waals surface area contributed by atoms with Crippen molar-refractivity contribution in [3.05, 3.63) is 53.6 Å². The van der Waals surface area contributed by atoms with E-state index in [0.717, 1.165) is 5.56 Å². The van der Waals surface area contributed by atoms with Gasteiger partial charge >= 0.3 is 5.97 Å². The highest BCUT2D eigenvalue weighted by atomic mass is 16.5. The molecule has 162 valence electrons. The van der Waals surface area contributed by atoms with E-state index in [9.17, 15) is 9.59 Å². The van der Waals surface area contributed by atoms with Crippen LogP contribution in [0.15, 0.2) is 42.5 Å². The first-order chi connectivity index (χ1) is 14.4. The molecular weight excluding hydrogens is 386 g/mol. The van der Waals surface area contributed by atoms with Crippen LogP contribution in [0, 0.1) is 5.92 Å². The summed E-state index contributed by atoms with van der Waals surface area (Å²) in [5.74, 6) is 1.47. The van der Waals surface area contributed by atoms with Crippen LogP contribution in [0.3, 0.4) is 0 Å². The van der Waals surface area contributed by atoms with Crippen molar-refractivity contribution in [2.24, 2.45) is 5.92 Å². The number of methoxy groups -OCH3 is 2. The number of carbonyl (C=O) groups excluding carboxylic acids is 2. The van der Waals surface area contributed by atoms with Crippen molar-refractivity contribution < 1.29 is 28.5 Å². The second kappa shape index (κ2) is 11.7. The zero-order chi connectivity index (χ0) is 21.9. The molecule has 0 fully saturated rings. The van der Waals surface area contributed by atoms with Crippen molar-refractivity contribution in [2.75, 3.05) is 34.0 Å². The van der Waals surface area contributed by atoms with Crippen molar-refractivity contribution in [3.8, 4) is 17.2 Å². The first-order valence-electron chi connectivity index (χ1n) is 9.80. The van der Waals surface area contributed by atoms with Gasteiger partial charge in [-0.3, -0.25) is 4.79 Å². The third-order valence-corrected chi connectivity index (χ3v) is 4.19. The van der Waals surface area contributed by atoms with Crippen molar-refractivity contribution in [1.82, 2.24) is 5.32 Å². The second-order valence-electron chi connectivity index (χ2n) is 7.09. The quantitative estimate of drug-likeness (QED) is 0.567. The summed E-state index contributed by atoms with van der Waals surface area (Å²) in [5, 5.41) is 2.73. The van der Waals surface area contributed by atoms with Crippen LogP contribution in [0.2, 0.25) is 0 Å². The van der Waals surface area contributed by atoms with Crippen LogP contribution in [0.4, 0.5) is 0 Å². The fourth-order valence-corrected chi connectivity index (χ4v) is 2.60. The van der Waals surface area contributed by atoms with E-state index in [1.165, 1.54) is 0 Å². The number of hydrogen-bond donors (Lipinski definition) is 1. The maximum Gasteiger partial charge on any atom is 0.338 e. The summed E-state index contributed by atoms with van der Waals surface area (Å²) in [6.07, 6.45) is 0.609. The molecule has 0 spiro atoms. The van der Waals surface area contributed by atoms with Crippen LogP contribution in [0.25, 0.3) is 0 Å². The van der Waals surface area contributed by atoms with Gasteiger partial charge in [0, 0.05) is 6.54 Å². The third-order valence-electron chi connectivity index (χ3n) is 4.19. The van der Waals surface area contributed by atoms with Crippen LogP contribution in [0.5, 0.6) is 17.2 Å². The van der Waals surface area contributed by atoms with Crippen LogP contribution < -0.4 is 19.5 Å². The average molecular weight is 415 g/mol.